The molecule has 1 aromatic rings. The largest absolute Gasteiger partial charge is 0.458 e. The number of carbonyl (C=O) groups excluding carboxylic acids is 1. The van der Waals surface area contributed by atoms with E-state index < -0.39 is 0 Å². The van der Waals surface area contributed by atoms with E-state index in [-0.39, 0.29) is 17.5 Å². The van der Waals surface area contributed by atoms with Crippen molar-refractivity contribution in [2.75, 3.05) is 0 Å². The predicted octanol–water partition coefficient (Wildman–Crippen LogP) is 4.68. The van der Waals surface area contributed by atoms with Gasteiger partial charge in [0.25, 0.3) is 0 Å². The highest BCUT2D eigenvalue weighted by Gasteiger charge is 2.62. The van der Waals surface area contributed by atoms with Crippen LogP contribution in [0, 0.1) is 16.7 Å². The lowest BCUT2D eigenvalue weighted by Crippen LogP contribution is -2.38. The second-order valence-corrected chi connectivity index (χ2v) is 8.05. The molecule has 20 heavy (non-hydrogen) atoms. The third-order valence-electron chi connectivity index (χ3n) is 6.28. The molecule has 0 amide bonds. The third-order valence-corrected chi connectivity index (χ3v) is 7.21. The van der Waals surface area contributed by atoms with Crippen LogP contribution in [0.3, 0.4) is 0 Å². The third kappa shape index (κ3) is 1.78. The monoisotopic (exact) mass is 292 g/mol. The van der Waals surface area contributed by atoms with Crippen molar-refractivity contribution in [3.63, 3.8) is 0 Å². The summed E-state index contributed by atoms with van der Waals surface area (Å²) in [6.45, 7) is 9.09. The molecule has 3 atom stereocenters. The Bertz CT molecular complexity index is 531. The number of rotatable bonds is 3. The molecule has 0 saturated heterocycles. The fourth-order valence-corrected chi connectivity index (χ4v) is 5.16. The standard InChI is InChI=1S/C17H24O2S/c1-5-11-7-9-20-14(11)15(18)19-13-10-12-6-8-17(13,4)16(12,2)3/h7,9,12-13H,5-6,8,10H2,1-4H3. The molecule has 2 nitrogen and oxygen atoms in total. The zero-order valence-corrected chi connectivity index (χ0v) is 13.7. The first-order chi connectivity index (χ1) is 9.40. The number of aryl methyl sites for hydroxylation is 1. The van der Waals surface area contributed by atoms with E-state index in [1.54, 1.807) is 0 Å². The molecule has 3 heteroatoms. The zero-order chi connectivity index (χ0) is 14.5. The van der Waals surface area contributed by atoms with Gasteiger partial charge in [-0.1, -0.05) is 27.7 Å². The average Bonchev–Trinajstić information content (AvgIpc) is 3.01. The Labute approximate surface area is 125 Å². The fraction of sp³-hybridized carbons (Fsp3) is 0.706. The molecule has 3 rings (SSSR count). The van der Waals surface area contributed by atoms with E-state index in [4.69, 9.17) is 4.74 Å². The minimum atomic E-state index is -0.105. The van der Waals surface area contributed by atoms with Gasteiger partial charge >= 0.3 is 5.97 Å². The van der Waals surface area contributed by atoms with Crippen LogP contribution in [-0.2, 0) is 11.2 Å². The number of fused-ring (bicyclic) bond motifs is 2. The summed E-state index contributed by atoms with van der Waals surface area (Å²) >= 11 is 1.51. The zero-order valence-electron chi connectivity index (χ0n) is 12.9. The molecule has 0 aromatic carbocycles. The summed E-state index contributed by atoms with van der Waals surface area (Å²) in [6.07, 6.45) is 4.51. The molecule has 2 aliphatic rings. The van der Waals surface area contributed by atoms with E-state index in [0.717, 1.165) is 23.3 Å². The smallest absolute Gasteiger partial charge is 0.348 e. The molecular formula is C17H24O2S. The molecule has 3 unspecified atom stereocenters. The maximum absolute atomic E-state index is 12.5. The van der Waals surface area contributed by atoms with Crippen molar-refractivity contribution in [2.24, 2.45) is 16.7 Å². The van der Waals surface area contributed by atoms with Gasteiger partial charge in [0.05, 0.1) is 0 Å². The van der Waals surface area contributed by atoms with Crippen molar-refractivity contribution in [2.45, 2.75) is 59.5 Å². The summed E-state index contributed by atoms with van der Waals surface area (Å²) in [5.41, 5.74) is 1.56. The fourth-order valence-electron chi connectivity index (χ4n) is 4.28. The molecule has 2 saturated carbocycles. The van der Waals surface area contributed by atoms with Crippen LogP contribution < -0.4 is 0 Å². The normalized spacial score (nSPS) is 34.4. The Morgan fingerprint density at radius 3 is 2.75 bits per heavy atom. The summed E-state index contributed by atoms with van der Waals surface area (Å²) in [7, 11) is 0. The SMILES string of the molecule is CCc1ccsc1C(=O)OC1CC2CCC1(C)C2(C)C. The molecular weight excluding hydrogens is 268 g/mol. The van der Waals surface area contributed by atoms with Gasteiger partial charge in [0.15, 0.2) is 0 Å². The summed E-state index contributed by atoms with van der Waals surface area (Å²) in [5, 5.41) is 1.99. The van der Waals surface area contributed by atoms with Crippen LogP contribution in [0.25, 0.3) is 0 Å². The van der Waals surface area contributed by atoms with E-state index in [2.05, 4.69) is 27.7 Å². The molecule has 0 N–H and O–H groups in total. The van der Waals surface area contributed by atoms with Gasteiger partial charge in [-0.3, -0.25) is 0 Å². The molecule has 0 radical (unpaired) electrons. The van der Waals surface area contributed by atoms with E-state index >= 15 is 0 Å². The van der Waals surface area contributed by atoms with Crippen LogP contribution in [0.1, 0.15) is 62.2 Å². The highest BCUT2D eigenvalue weighted by molar-refractivity contribution is 7.12. The Kier molecular flexibility index (Phi) is 3.24. The molecule has 1 heterocycles. The highest BCUT2D eigenvalue weighted by Crippen LogP contribution is 2.66. The second kappa shape index (κ2) is 4.59. The minimum absolute atomic E-state index is 0.0931. The van der Waals surface area contributed by atoms with Crippen molar-refractivity contribution in [3.8, 4) is 0 Å². The van der Waals surface area contributed by atoms with Crippen LogP contribution in [0.15, 0.2) is 11.4 Å². The van der Waals surface area contributed by atoms with Gasteiger partial charge in [-0.2, -0.15) is 0 Å². The number of hydrogen-bond acceptors (Lipinski definition) is 3. The van der Waals surface area contributed by atoms with E-state index in [1.165, 1.54) is 24.2 Å². The lowest BCUT2D eigenvalue weighted by atomic mass is 9.70. The van der Waals surface area contributed by atoms with Crippen molar-refractivity contribution < 1.29 is 9.53 Å². The van der Waals surface area contributed by atoms with Crippen molar-refractivity contribution >= 4 is 17.3 Å². The van der Waals surface area contributed by atoms with E-state index in [0.29, 0.717) is 11.3 Å². The Balaban J connectivity index is 1.79. The van der Waals surface area contributed by atoms with Crippen LogP contribution in [0.4, 0.5) is 0 Å². The molecule has 110 valence electrons. The van der Waals surface area contributed by atoms with Crippen molar-refractivity contribution in [3.05, 3.63) is 21.9 Å². The maximum atomic E-state index is 12.5. The number of thiophene rings is 1. The van der Waals surface area contributed by atoms with Crippen LogP contribution in [0.2, 0.25) is 0 Å². The quantitative estimate of drug-likeness (QED) is 0.756. The van der Waals surface area contributed by atoms with E-state index in [1.807, 2.05) is 11.4 Å². The molecule has 1 aromatic heterocycles. The number of esters is 1. The minimum Gasteiger partial charge on any atom is -0.458 e. The van der Waals surface area contributed by atoms with Gasteiger partial charge in [0.2, 0.25) is 0 Å². The van der Waals surface area contributed by atoms with Gasteiger partial charge in [0.1, 0.15) is 11.0 Å². The predicted molar refractivity (Wildman–Crippen MR) is 82.1 cm³/mol. The average molecular weight is 292 g/mol. The lowest BCUT2D eigenvalue weighted by molar-refractivity contribution is -0.0239. The Hall–Kier alpha value is -0.830. The molecule has 2 bridgehead atoms. The van der Waals surface area contributed by atoms with E-state index in [9.17, 15) is 4.79 Å². The molecule has 2 fully saturated rings. The summed E-state index contributed by atoms with van der Waals surface area (Å²) in [5.74, 6) is 0.603. The van der Waals surface area contributed by atoms with Crippen LogP contribution in [0.5, 0.6) is 0 Å². The first-order valence-corrected chi connectivity index (χ1v) is 8.55. The van der Waals surface area contributed by atoms with Gasteiger partial charge in [-0.25, -0.2) is 4.79 Å². The Morgan fingerprint density at radius 2 is 2.20 bits per heavy atom. The van der Waals surface area contributed by atoms with Gasteiger partial charge in [-0.15, -0.1) is 11.3 Å². The number of carbonyl (C=O) groups is 1. The van der Waals surface area contributed by atoms with Gasteiger partial charge in [0, 0.05) is 5.41 Å². The topological polar surface area (TPSA) is 26.3 Å². The lowest BCUT2D eigenvalue weighted by Gasteiger charge is -2.38. The van der Waals surface area contributed by atoms with Gasteiger partial charge in [-0.05, 0) is 54.0 Å². The van der Waals surface area contributed by atoms with Crippen molar-refractivity contribution in [1.29, 1.82) is 0 Å². The van der Waals surface area contributed by atoms with Crippen molar-refractivity contribution in [1.82, 2.24) is 0 Å². The first kappa shape index (κ1) is 14.1. The summed E-state index contributed by atoms with van der Waals surface area (Å²) in [6, 6.07) is 2.04. The summed E-state index contributed by atoms with van der Waals surface area (Å²) < 4.78 is 5.94. The Morgan fingerprint density at radius 1 is 1.45 bits per heavy atom. The molecule has 2 aliphatic carbocycles. The molecule has 0 spiro atoms. The van der Waals surface area contributed by atoms with Crippen LogP contribution in [-0.4, -0.2) is 12.1 Å². The second-order valence-electron chi connectivity index (χ2n) is 7.13. The first-order valence-electron chi connectivity index (χ1n) is 7.67. The number of hydrogen-bond donors (Lipinski definition) is 0. The van der Waals surface area contributed by atoms with Gasteiger partial charge < -0.3 is 4.74 Å². The van der Waals surface area contributed by atoms with Crippen LogP contribution >= 0.6 is 11.3 Å². The maximum Gasteiger partial charge on any atom is 0.348 e. The number of ether oxygens (including phenoxy) is 1. The summed E-state index contributed by atoms with van der Waals surface area (Å²) in [4.78, 5) is 13.3. The highest BCUT2D eigenvalue weighted by atomic mass is 32.1. The molecule has 0 aliphatic heterocycles.